The molecule has 2 N–H and O–H groups in total. The Morgan fingerprint density at radius 3 is 3.00 bits per heavy atom. The fraction of sp³-hybridized carbons (Fsp3) is 0.385. The molecule has 0 fully saturated rings. The van der Waals surface area contributed by atoms with Gasteiger partial charge in [0.2, 0.25) is 0 Å². The third-order valence-corrected chi connectivity index (χ3v) is 3.62. The molecule has 0 bridgehead atoms. The molecule has 16 heavy (non-hydrogen) atoms. The number of nitrogens with one attached hydrogen (secondary N) is 1. The highest BCUT2D eigenvalue weighted by Gasteiger charge is 2.11. The summed E-state index contributed by atoms with van der Waals surface area (Å²) in [5.41, 5.74) is 1.05. The first-order chi connectivity index (χ1) is 7.83. The molecule has 1 unspecified atom stereocenters. The van der Waals surface area contributed by atoms with Gasteiger partial charge in [-0.2, -0.15) is 0 Å². The van der Waals surface area contributed by atoms with E-state index < -0.39 is 6.10 Å². The molecule has 0 aliphatic heterocycles. The largest absolute Gasteiger partial charge is 0.387 e. The molecule has 0 spiro atoms. The molecule has 0 saturated carbocycles. The second-order valence-electron chi connectivity index (χ2n) is 3.91. The predicted molar refractivity (Wildman–Crippen MR) is 69.9 cm³/mol. The van der Waals surface area contributed by atoms with Crippen molar-refractivity contribution >= 4 is 21.4 Å². The number of benzene rings is 1. The minimum Gasteiger partial charge on any atom is -0.387 e. The molecule has 1 heterocycles. The first-order valence-electron chi connectivity index (χ1n) is 5.68. The molecule has 2 aromatic rings. The molecule has 0 amide bonds. The highest BCUT2D eigenvalue weighted by Crippen LogP contribution is 2.29. The maximum absolute atomic E-state index is 10.1. The zero-order valence-electron chi connectivity index (χ0n) is 9.44. The Hall–Kier alpha value is -0.900. The Bertz CT molecular complexity index is 452. The van der Waals surface area contributed by atoms with Crippen LogP contribution in [0, 0.1) is 0 Å². The molecular weight excluding hydrogens is 218 g/mol. The Balaban J connectivity index is 2.13. The normalized spacial score (nSPS) is 13.1. The van der Waals surface area contributed by atoms with E-state index in [-0.39, 0.29) is 0 Å². The van der Waals surface area contributed by atoms with Crippen LogP contribution in [-0.4, -0.2) is 18.2 Å². The van der Waals surface area contributed by atoms with Crippen molar-refractivity contribution in [1.82, 2.24) is 5.32 Å². The first-order valence-corrected chi connectivity index (χ1v) is 6.55. The molecule has 1 atom stereocenters. The van der Waals surface area contributed by atoms with Crippen LogP contribution in [0.2, 0.25) is 0 Å². The van der Waals surface area contributed by atoms with E-state index in [1.54, 1.807) is 11.3 Å². The second-order valence-corrected chi connectivity index (χ2v) is 4.82. The van der Waals surface area contributed by atoms with E-state index in [9.17, 15) is 5.11 Å². The number of hydrogen-bond donors (Lipinski definition) is 2. The lowest BCUT2D eigenvalue weighted by atomic mass is 10.1. The summed E-state index contributed by atoms with van der Waals surface area (Å²) in [6.07, 6.45) is 0.694. The van der Waals surface area contributed by atoms with Gasteiger partial charge in [-0.25, -0.2) is 0 Å². The van der Waals surface area contributed by atoms with E-state index in [1.165, 1.54) is 10.1 Å². The van der Waals surface area contributed by atoms with Crippen molar-refractivity contribution in [2.24, 2.45) is 0 Å². The Labute approximate surface area is 99.9 Å². The summed E-state index contributed by atoms with van der Waals surface area (Å²) in [5.74, 6) is 0. The standard InChI is InChI=1S/C13H17NOS/c1-2-7-14-8-12(15)11-9-16-13-6-4-3-5-10(11)13/h3-6,9,12,14-15H,2,7-8H2,1H3. The monoisotopic (exact) mass is 235 g/mol. The van der Waals surface area contributed by atoms with Gasteiger partial charge in [-0.3, -0.25) is 0 Å². The summed E-state index contributed by atoms with van der Waals surface area (Å²) in [7, 11) is 0. The topological polar surface area (TPSA) is 32.3 Å². The van der Waals surface area contributed by atoms with Crippen LogP contribution < -0.4 is 5.32 Å². The summed E-state index contributed by atoms with van der Waals surface area (Å²) in [6.45, 7) is 3.72. The average Bonchev–Trinajstić information content (AvgIpc) is 2.73. The summed E-state index contributed by atoms with van der Waals surface area (Å²) in [6, 6.07) is 8.22. The van der Waals surface area contributed by atoms with Crippen molar-refractivity contribution < 1.29 is 5.11 Å². The number of aliphatic hydroxyl groups is 1. The summed E-state index contributed by atoms with van der Waals surface area (Å²) in [4.78, 5) is 0. The zero-order valence-corrected chi connectivity index (χ0v) is 10.3. The third-order valence-electron chi connectivity index (χ3n) is 2.63. The zero-order chi connectivity index (χ0) is 11.4. The van der Waals surface area contributed by atoms with Crippen molar-refractivity contribution in [3.63, 3.8) is 0 Å². The minimum absolute atomic E-state index is 0.400. The Kier molecular flexibility index (Phi) is 3.93. The summed E-state index contributed by atoms with van der Waals surface area (Å²) < 4.78 is 1.24. The molecule has 3 heteroatoms. The highest BCUT2D eigenvalue weighted by molar-refractivity contribution is 7.17. The van der Waals surface area contributed by atoms with Gasteiger partial charge in [0.1, 0.15) is 0 Å². The van der Waals surface area contributed by atoms with Gasteiger partial charge in [0, 0.05) is 16.8 Å². The average molecular weight is 235 g/mol. The Morgan fingerprint density at radius 2 is 2.19 bits per heavy atom. The first kappa shape index (κ1) is 11.6. The van der Waals surface area contributed by atoms with E-state index in [4.69, 9.17) is 0 Å². The van der Waals surface area contributed by atoms with Crippen molar-refractivity contribution in [2.45, 2.75) is 19.4 Å². The molecule has 2 nitrogen and oxygen atoms in total. The maximum atomic E-state index is 10.1. The third kappa shape index (κ3) is 2.43. The van der Waals surface area contributed by atoms with Crippen LogP contribution in [0.4, 0.5) is 0 Å². The summed E-state index contributed by atoms with van der Waals surface area (Å²) >= 11 is 1.69. The van der Waals surface area contributed by atoms with Crippen molar-refractivity contribution in [1.29, 1.82) is 0 Å². The van der Waals surface area contributed by atoms with Crippen LogP contribution in [0.1, 0.15) is 25.0 Å². The molecule has 1 aromatic carbocycles. The van der Waals surface area contributed by atoms with Crippen molar-refractivity contribution in [2.75, 3.05) is 13.1 Å². The smallest absolute Gasteiger partial charge is 0.0928 e. The van der Waals surface area contributed by atoms with Gasteiger partial charge in [-0.15, -0.1) is 11.3 Å². The van der Waals surface area contributed by atoms with Gasteiger partial charge in [0.05, 0.1) is 6.10 Å². The van der Waals surface area contributed by atoms with Crippen LogP contribution in [-0.2, 0) is 0 Å². The number of aliphatic hydroxyl groups excluding tert-OH is 1. The molecule has 86 valence electrons. The van der Waals surface area contributed by atoms with E-state index >= 15 is 0 Å². The van der Waals surface area contributed by atoms with E-state index in [0.29, 0.717) is 6.54 Å². The van der Waals surface area contributed by atoms with Crippen LogP contribution >= 0.6 is 11.3 Å². The predicted octanol–water partition coefficient (Wildman–Crippen LogP) is 2.93. The molecular formula is C13H17NOS. The number of fused-ring (bicyclic) bond motifs is 1. The lowest BCUT2D eigenvalue weighted by molar-refractivity contribution is 0.177. The Morgan fingerprint density at radius 1 is 1.38 bits per heavy atom. The highest BCUT2D eigenvalue weighted by atomic mass is 32.1. The van der Waals surface area contributed by atoms with Crippen LogP contribution in [0.25, 0.3) is 10.1 Å². The number of hydrogen-bond acceptors (Lipinski definition) is 3. The quantitative estimate of drug-likeness (QED) is 0.781. The van der Waals surface area contributed by atoms with Crippen molar-refractivity contribution in [3.05, 3.63) is 35.2 Å². The molecule has 1 aromatic heterocycles. The van der Waals surface area contributed by atoms with Crippen LogP contribution in [0.15, 0.2) is 29.6 Å². The molecule has 0 aliphatic carbocycles. The van der Waals surface area contributed by atoms with Gasteiger partial charge >= 0.3 is 0 Å². The van der Waals surface area contributed by atoms with Gasteiger partial charge < -0.3 is 10.4 Å². The minimum atomic E-state index is -0.400. The lowest BCUT2D eigenvalue weighted by Gasteiger charge is -2.10. The van der Waals surface area contributed by atoms with Crippen LogP contribution in [0.5, 0.6) is 0 Å². The van der Waals surface area contributed by atoms with E-state index in [2.05, 4.69) is 29.8 Å². The number of thiophene rings is 1. The SMILES string of the molecule is CCCNCC(O)c1csc2ccccc12. The second kappa shape index (κ2) is 5.43. The maximum Gasteiger partial charge on any atom is 0.0928 e. The van der Waals surface area contributed by atoms with Gasteiger partial charge in [-0.05, 0) is 29.8 Å². The number of rotatable bonds is 5. The fourth-order valence-corrected chi connectivity index (χ4v) is 2.79. The molecule has 0 radical (unpaired) electrons. The van der Waals surface area contributed by atoms with E-state index in [0.717, 1.165) is 18.5 Å². The summed E-state index contributed by atoms with van der Waals surface area (Å²) in [5, 5.41) is 16.6. The molecule has 2 rings (SSSR count). The van der Waals surface area contributed by atoms with Gasteiger partial charge in [0.15, 0.2) is 0 Å². The van der Waals surface area contributed by atoms with Crippen LogP contribution in [0.3, 0.4) is 0 Å². The molecule has 0 saturated heterocycles. The molecule has 0 aliphatic rings. The van der Waals surface area contributed by atoms with Crippen molar-refractivity contribution in [3.8, 4) is 0 Å². The van der Waals surface area contributed by atoms with E-state index in [1.807, 2.05) is 12.1 Å². The lowest BCUT2D eigenvalue weighted by Crippen LogP contribution is -2.21. The fourth-order valence-electron chi connectivity index (χ4n) is 1.78. The van der Waals surface area contributed by atoms with Gasteiger partial charge in [-0.1, -0.05) is 25.1 Å². The van der Waals surface area contributed by atoms with Gasteiger partial charge in [0.25, 0.3) is 0 Å².